The number of nitrogens with one attached hydrogen (secondary N) is 1. The second-order valence-electron chi connectivity index (χ2n) is 6.38. The number of amides is 2. The molecule has 0 aliphatic carbocycles. The van der Waals surface area contributed by atoms with E-state index in [1.54, 1.807) is 41.8 Å². The van der Waals surface area contributed by atoms with Crippen molar-refractivity contribution in [2.75, 3.05) is 12.3 Å². The summed E-state index contributed by atoms with van der Waals surface area (Å²) in [5, 5.41) is 4.43. The number of halogens is 3. The summed E-state index contributed by atoms with van der Waals surface area (Å²) in [4.78, 5) is 27.9. The molecule has 4 nitrogen and oxygen atoms in total. The van der Waals surface area contributed by atoms with Crippen molar-refractivity contribution in [1.82, 2.24) is 10.2 Å². The van der Waals surface area contributed by atoms with Crippen LogP contribution in [0.4, 0.5) is 0 Å². The molecule has 0 aliphatic heterocycles. The summed E-state index contributed by atoms with van der Waals surface area (Å²) in [6, 6.07) is 12.0. The lowest BCUT2D eigenvalue weighted by Crippen LogP contribution is -2.47. The summed E-state index contributed by atoms with van der Waals surface area (Å²) < 4.78 is 0. The number of rotatable bonds is 9. The second-order valence-corrected chi connectivity index (χ2v) is 8.83. The fraction of sp³-hybridized carbons (Fsp3) is 0.333. The quantitative estimate of drug-likeness (QED) is 0.476. The van der Waals surface area contributed by atoms with Crippen LogP contribution in [0, 0.1) is 0 Å². The van der Waals surface area contributed by atoms with Gasteiger partial charge in [-0.3, -0.25) is 9.59 Å². The van der Waals surface area contributed by atoms with Crippen molar-refractivity contribution < 1.29 is 9.59 Å². The van der Waals surface area contributed by atoms with Gasteiger partial charge in [0.05, 0.1) is 0 Å². The van der Waals surface area contributed by atoms with Crippen molar-refractivity contribution in [2.45, 2.75) is 37.8 Å². The fourth-order valence-corrected chi connectivity index (χ4v) is 4.10. The van der Waals surface area contributed by atoms with Crippen LogP contribution in [0.15, 0.2) is 47.4 Å². The molecule has 0 spiro atoms. The molecule has 0 radical (unpaired) electrons. The van der Waals surface area contributed by atoms with Crippen molar-refractivity contribution in [1.29, 1.82) is 0 Å². The van der Waals surface area contributed by atoms with E-state index in [0.717, 1.165) is 10.5 Å². The largest absolute Gasteiger partial charge is 0.355 e. The molecule has 29 heavy (non-hydrogen) atoms. The third-order valence-corrected chi connectivity index (χ3v) is 6.13. The maximum Gasteiger partial charge on any atom is 0.242 e. The summed E-state index contributed by atoms with van der Waals surface area (Å²) in [6.07, 6.45) is 0.294. The molecule has 1 atom stereocenters. The topological polar surface area (TPSA) is 49.4 Å². The molecular weight excluding hydrogens is 451 g/mol. The number of nitrogens with zero attached hydrogens (tertiary/aromatic N) is 1. The smallest absolute Gasteiger partial charge is 0.242 e. The van der Waals surface area contributed by atoms with Crippen LogP contribution < -0.4 is 5.32 Å². The van der Waals surface area contributed by atoms with E-state index < -0.39 is 6.04 Å². The molecule has 2 rings (SSSR count). The first-order valence-corrected chi connectivity index (χ1v) is 11.3. The van der Waals surface area contributed by atoms with Gasteiger partial charge in [0.2, 0.25) is 11.8 Å². The fourth-order valence-electron chi connectivity index (χ4n) is 2.67. The summed E-state index contributed by atoms with van der Waals surface area (Å²) in [6.45, 7) is 4.30. The van der Waals surface area contributed by atoms with Gasteiger partial charge in [0.1, 0.15) is 6.04 Å². The molecule has 0 heterocycles. The zero-order valence-electron chi connectivity index (χ0n) is 16.3. The van der Waals surface area contributed by atoms with Gasteiger partial charge < -0.3 is 10.2 Å². The van der Waals surface area contributed by atoms with E-state index in [1.807, 2.05) is 31.2 Å². The molecule has 0 aromatic heterocycles. The Bertz CT molecular complexity index is 846. The van der Waals surface area contributed by atoms with Crippen LogP contribution in [0.25, 0.3) is 0 Å². The Kier molecular flexibility index (Phi) is 9.63. The van der Waals surface area contributed by atoms with Gasteiger partial charge in [0.25, 0.3) is 0 Å². The van der Waals surface area contributed by atoms with Crippen LogP contribution in [0.5, 0.6) is 0 Å². The third kappa shape index (κ3) is 7.41. The lowest BCUT2D eigenvalue weighted by atomic mass is 10.1. The van der Waals surface area contributed by atoms with Gasteiger partial charge in [-0.05, 0) is 55.8 Å². The summed E-state index contributed by atoms with van der Waals surface area (Å²) in [5.41, 5.74) is 0.742. The van der Waals surface area contributed by atoms with Crippen molar-refractivity contribution in [2.24, 2.45) is 0 Å². The first kappa shape index (κ1) is 23.9. The van der Waals surface area contributed by atoms with Crippen LogP contribution in [0.1, 0.15) is 25.8 Å². The lowest BCUT2D eigenvalue weighted by molar-refractivity contribution is -0.140. The molecular formula is C21H23Cl3N2O2S. The third-order valence-electron chi connectivity index (χ3n) is 4.27. The van der Waals surface area contributed by atoms with Crippen LogP contribution in [-0.2, 0) is 16.1 Å². The molecule has 0 saturated heterocycles. The Morgan fingerprint density at radius 1 is 1.07 bits per heavy atom. The average molecular weight is 474 g/mol. The van der Waals surface area contributed by atoms with E-state index in [-0.39, 0.29) is 18.4 Å². The normalized spacial score (nSPS) is 11.8. The van der Waals surface area contributed by atoms with Crippen LogP contribution >= 0.6 is 46.6 Å². The molecule has 0 bridgehead atoms. The number of carbonyl (C=O) groups excluding carboxylic acids is 2. The Balaban J connectivity index is 2.09. The summed E-state index contributed by atoms with van der Waals surface area (Å²) in [7, 11) is 0. The number of carbonyl (C=O) groups is 2. The maximum absolute atomic E-state index is 13.0. The van der Waals surface area contributed by atoms with Crippen molar-refractivity contribution in [3.63, 3.8) is 0 Å². The molecule has 0 fully saturated rings. The van der Waals surface area contributed by atoms with Gasteiger partial charge in [-0.2, -0.15) is 0 Å². The highest BCUT2D eigenvalue weighted by atomic mass is 35.5. The van der Waals surface area contributed by atoms with Gasteiger partial charge in [-0.25, -0.2) is 0 Å². The van der Waals surface area contributed by atoms with Gasteiger partial charge in [-0.15, -0.1) is 11.8 Å². The van der Waals surface area contributed by atoms with Crippen molar-refractivity contribution >= 4 is 58.4 Å². The SMILES string of the molecule is CCNC(=O)C(C)N(Cc1ccc(Cl)cc1Cl)C(=O)CCSc1ccc(Cl)cc1. The number of hydrogen-bond acceptors (Lipinski definition) is 3. The number of likely N-dealkylation sites (N-methyl/N-ethyl adjacent to an activating group) is 1. The van der Waals surface area contributed by atoms with E-state index in [2.05, 4.69) is 5.32 Å². The Morgan fingerprint density at radius 3 is 2.34 bits per heavy atom. The number of hydrogen-bond donors (Lipinski definition) is 1. The zero-order valence-corrected chi connectivity index (χ0v) is 19.3. The number of benzene rings is 2. The average Bonchev–Trinajstić information content (AvgIpc) is 2.68. The zero-order chi connectivity index (χ0) is 21.4. The van der Waals surface area contributed by atoms with Crippen molar-refractivity contribution in [3.05, 3.63) is 63.1 Å². The summed E-state index contributed by atoms with van der Waals surface area (Å²) in [5.74, 6) is 0.278. The number of thioether (sulfide) groups is 1. The Labute approximate surface area is 190 Å². The molecule has 1 unspecified atom stereocenters. The maximum atomic E-state index is 13.0. The van der Waals surface area contributed by atoms with E-state index in [9.17, 15) is 9.59 Å². The molecule has 1 N–H and O–H groups in total. The first-order valence-electron chi connectivity index (χ1n) is 9.21. The van der Waals surface area contributed by atoms with Gasteiger partial charge >= 0.3 is 0 Å². The molecule has 2 aromatic carbocycles. The van der Waals surface area contributed by atoms with E-state index in [1.165, 1.54) is 0 Å². The van der Waals surface area contributed by atoms with Gasteiger partial charge in [0, 0.05) is 45.2 Å². The second kappa shape index (κ2) is 11.7. The predicted octanol–water partition coefficient (Wildman–Crippen LogP) is 5.68. The highest BCUT2D eigenvalue weighted by molar-refractivity contribution is 7.99. The minimum atomic E-state index is -0.616. The van der Waals surface area contributed by atoms with Crippen LogP contribution in [-0.4, -0.2) is 35.1 Å². The Morgan fingerprint density at radius 2 is 1.72 bits per heavy atom. The monoisotopic (exact) mass is 472 g/mol. The highest BCUT2D eigenvalue weighted by Crippen LogP contribution is 2.25. The van der Waals surface area contributed by atoms with E-state index in [4.69, 9.17) is 34.8 Å². The van der Waals surface area contributed by atoms with Crippen LogP contribution in [0.3, 0.4) is 0 Å². The standard InChI is InChI=1S/C21H23Cl3N2O2S/c1-3-25-21(28)14(2)26(13-15-4-5-17(23)12-19(15)24)20(27)10-11-29-18-8-6-16(22)7-9-18/h4-9,12,14H,3,10-11,13H2,1-2H3,(H,25,28). The van der Waals surface area contributed by atoms with Crippen LogP contribution in [0.2, 0.25) is 15.1 Å². The lowest BCUT2D eigenvalue weighted by Gasteiger charge is -2.29. The van der Waals surface area contributed by atoms with E-state index >= 15 is 0 Å². The molecule has 0 aliphatic rings. The molecule has 156 valence electrons. The molecule has 8 heteroatoms. The highest BCUT2D eigenvalue weighted by Gasteiger charge is 2.26. The van der Waals surface area contributed by atoms with Gasteiger partial charge in [0.15, 0.2) is 0 Å². The predicted molar refractivity (Wildman–Crippen MR) is 122 cm³/mol. The molecule has 2 amide bonds. The molecule has 0 saturated carbocycles. The van der Waals surface area contributed by atoms with E-state index in [0.29, 0.717) is 33.8 Å². The first-order chi connectivity index (χ1) is 13.8. The minimum absolute atomic E-state index is 0.115. The Hall–Kier alpha value is -1.40. The van der Waals surface area contributed by atoms with Gasteiger partial charge in [-0.1, -0.05) is 40.9 Å². The van der Waals surface area contributed by atoms with Crippen molar-refractivity contribution in [3.8, 4) is 0 Å². The minimum Gasteiger partial charge on any atom is -0.355 e. The molecule has 2 aromatic rings. The summed E-state index contributed by atoms with van der Waals surface area (Å²) >= 11 is 19.7.